The molecule has 0 unspecified atom stereocenters. The fourth-order valence-corrected chi connectivity index (χ4v) is 4.64. The number of nitrogens with one attached hydrogen (secondary N) is 3. The van der Waals surface area contributed by atoms with E-state index in [4.69, 9.17) is 23.2 Å². The van der Waals surface area contributed by atoms with Crippen LogP contribution in [0.3, 0.4) is 0 Å². The van der Waals surface area contributed by atoms with Crippen molar-refractivity contribution >= 4 is 40.0 Å². The van der Waals surface area contributed by atoms with Crippen LogP contribution in [-0.2, 0) is 19.6 Å². The minimum Gasteiger partial charge on any atom is -0.508 e. The third-order valence-corrected chi connectivity index (χ3v) is 6.83. The van der Waals surface area contributed by atoms with Crippen LogP contribution in [0.2, 0.25) is 10.0 Å². The Bertz CT molecular complexity index is 1410. The van der Waals surface area contributed by atoms with Gasteiger partial charge in [0.2, 0.25) is 0 Å². The van der Waals surface area contributed by atoms with Crippen molar-refractivity contribution < 1.29 is 20.1 Å². The summed E-state index contributed by atoms with van der Waals surface area (Å²) in [5, 5.41) is 37.7. The Morgan fingerprint density at radius 1 is 1.03 bits per heavy atom. The minimum absolute atomic E-state index is 0.00604. The average Bonchev–Trinajstić information content (AvgIpc) is 3.30. The normalized spacial score (nSPS) is 13.0. The summed E-state index contributed by atoms with van der Waals surface area (Å²) < 4.78 is 0. The molecular weight excluding hydrogens is 513 g/mol. The number of benzene rings is 3. The van der Waals surface area contributed by atoms with Gasteiger partial charge in [0, 0.05) is 45.6 Å². The van der Waals surface area contributed by atoms with Crippen LogP contribution in [0.15, 0.2) is 60.7 Å². The highest BCUT2D eigenvalue weighted by Crippen LogP contribution is 2.23. The first-order chi connectivity index (χ1) is 17.7. The average molecular weight is 542 g/mol. The molecule has 0 spiro atoms. The second kappa shape index (κ2) is 12.0. The first-order valence-corrected chi connectivity index (χ1v) is 12.7. The van der Waals surface area contributed by atoms with Crippen molar-refractivity contribution in [3.05, 3.63) is 98.7 Å². The molecule has 2 atom stereocenters. The lowest BCUT2D eigenvalue weighted by atomic mass is 10.0. The standard InChI is InChI=1S/C28H29Cl2N3O4/c1-16(31-14-27(36)18-4-7-26(35)21(10-18)15-34)8-17-2-6-24-20(9-17)11-25(33-24)28(37)32-13-19-3-5-22(29)12-23(19)30/h2-7,9-12,16,27,31,33-36H,8,13-15H2,1H3,(H,32,37)/t16-,27-/m1/s1. The van der Waals surface area contributed by atoms with Gasteiger partial charge in [0.25, 0.3) is 5.91 Å². The first kappa shape index (κ1) is 27.0. The molecule has 0 aliphatic carbocycles. The maximum atomic E-state index is 12.7. The SMILES string of the molecule is C[C@H](Cc1ccc2[nH]c(C(=O)NCc3ccc(Cl)cc3Cl)cc2c1)NC[C@@H](O)c1ccc(O)c(CO)c1. The van der Waals surface area contributed by atoms with Gasteiger partial charge in [-0.1, -0.05) is 41.4 Å². The molecule has 6 N–H and O–H groups in total. The zero-order chi connectivity index (χ0) is 26.5. The highest BCUT2D eigenvalue weighted by Gasteiger charge is 2.14. The van der Waals surface area contributed by atoms with Crippen molar-refractivity contribution in [1.29, 1.82) is 0 Å². The van der Waals surface area contributed by atoms with E-state index in [-0.39, 0.29) is 30.9 Å². The van der Waals surface area contributed by atoms with Gasteiger partial charge in [0.1, 0.15) is 11.4 Å². The van der Waals surface area contributed by atoms with Gasteiger partial charge in [0.15, 0.2) is 0 Å². The second-order valence-corrected chi connectivity index (χ2v) is 9.94. The molecular formula is C28H29Cl2N3O4. The zero-order valence-electron chi connectivity index (χ0n) is 20.3. The van der Waals surface area contributed by atoms with Gasteiger partial charge < -0.3 is 30.9 Å². The van der Waals surface area contributed by atoms with Crippen LogP contribution in [0.5, 0.6) is 5.75 Å². The number of phenols is 1. The molecule has 0 fully saturated rings. The number of aromatic nitrogens is 1. The van der Waals surface area contributed by atoms with Crippen molar-refractivity contribution in [2.75, 3.05) is 6.54 Å². The number of halogens is 2. The summed E-state index contributed by atoms with van der Waals surface area (Å²) in [5.74, 6) is -0.224. The molecule has 0 bridgehead atoms. The largest absolute Gasteiger partial charge is 0.508 e. The van der Waals surface area contributed by atoms with E-state index in [0.29, 0.717) is 33.4 Å². The molecule has 0 saturated heterocycles. The number of rotatable bonds is 10. The molecule has 1 aromatic heterocycles. The van der Waals surface area contributed by atoms with Gasteiger partial charge in [-0.25, -0.2) is 0 Å². The summed E-state index contributed by atoms with van der Waals surface area (Å²) >= 11 is 12.1. The Hall–Kier alpha value is -3.07. The zero-order valence-corrected chi connectivity index (χ0v) is 21.8. The molecule has 37 heavy (non-hydrogen) atoms. The third-order valence-electron chi connectivity index (χ3n) is 6.24. The molecule has 9 heteroatoms. The van der Waals surface area contributed by atoms with Gasteiger partial charge in [-0.2, -0.15) is 0 Å². The molecule has 0 aliphatic rings. The second-order valence-electron chi connectivity index (χ2n) is 9.10. The van der Waals surface area contributed by atoms with Crippen molar-refractivity contribution in [3.8, 4) is 5.75 Å². The maximum absolute atomic E-state index is 12.7. The highest BCUT2D eigenvalue weighted by molar-refractivity contribution is 6.35. The smallest absolute Gasteiger partial charge is 0.267 e. The molecule has 7 nitrogen and oxygen atoms in total. The molecule has 3 aromatic carbocycles. The van der Waals surface area contributed by atoms with Crippen LogP contribution in [0.1, 0.15) is 45.8 Å². The quantitative estimate of drug-likeness (QED) is 0.171. The highest BCUT2D eigenvalue weighted by atomic mass is 35.5. The lowest BCUT2D eigenvalue weighted by Gasteiger charge is -2.18. The summed E-state index contributed by atoms with van der Waals surface area (Å²) in [6, 6.07) is 17.8. The molecule has 1 amide bonds. The first-order valence-electron chi connectivity index (χ1n) is 11.9. The Labute approximate surface area is 225 Å². The summed E-state index contributed by atoms with van der Waals surface area (Å²) in [4.78, 5) is 15.8. The van der Waals surface area contributed by atoms with Crippen molar-refractivity contribution in [3.63, 3.8) is 0 Å². The van der Waals surface area contributed by atoms with Gasteiger partial charge in [-0.3, -0.25) is 4.79 Å². The monoisotopic (exact) mass is 541 g/mol. The van der Waals surface area contributed by atoms with Crippen LogP contribution < -0.4 is 10.6 Å². The van der Waals surface area contributed by atoms with Gasteiger partial charge in [-0.05, 0) is 72.5 Å². The maximum Gasteiger partial charge on any atom is 0.267 e. The molecule has 0 radical (unpaired) electrons. The van der Waals surface area contributed by atoms with Crippen LogP contribution in [0, 0.1) is 0 Å². The number of hydrogen-bond donors (Lipinski definition) is 6. The van der Waals surface area contributed by atoms with Gasteiger partial charge in [0.05, 0.1) is 12.7 Å². The topological polar surface area (TPSA) is 118 Å². The summed E-state index contributed by atoms with van der Waals surface area (Å²) in [6.07, 6.45) is -0.0497. The Kier molecular flexibility index (Phi) is 8.74. The Morgan fingerprint density at radius 3 is 2.59 bits per heavy atom. The van der Waals surface area contributed by atoms with Gasteiger partial charge >= 0.3 is 0 Å². The Morgan fingerprint density at radius 2 is 1.84 bits per heavy atom. The molecule has 4 aromatic rings. The third kappa shape index (κ3) is 6.83. The number of H-pyrrole nitrogens is 1. The number of aromatic amines is 1. The fraction of sp³-hybridized carbons (Fsp3) is 0.250. The number of aliphatic hydroxyl groups excluding tert-OH is 2. The number of aromatic hydroxyl groups is 1. The summed E-state index contributed by atoms with van der Waals surface area (Å²) in [5.41, 5.74) is 4.20. The van der Waals surface area contributed by atoms with E-state index in [2.05, 4.69) is 15.6 Å². The van der Waals surface area contributed by atoms with E-state index in [9.17, 15) is 20.1 Å². The van der Waals surface area contributed by atoms with Gasteiger partial charge in [-0.15, -0.1) is 0 Å². The van der Waals surface area contributed by atoms with Crippen LogP contribution in [0.25, 0.3) is 10.9 Å². The number of carbonyl (C=O) groups excluding carboxylic acids is 1. The summed E-state index contributed by atoms with van der Waals surface area (Å²) in [7, 11) is 0. The van der Waals surface area contributed by atoms with Crippen LogP contribution in [0.4, 0.5) is 0 Å². The van der Waals surface area contributed by atoms with E-state index in [1.54, 1.807) is 30.3 Å². The lowest BCUT2D eigenvalue weighted by molar-refractivity contribution is 0.0946. The molecule has 1 heterocycles. The van der Waals surface area contributed by atoms with E-state index in [1.165, 1.54) is 6.07 Å². The molecule has 194 valence electrons. The number of aliphatic hydroxyl groups is 2. The number of hydrogen-bond acceptors (Lipinski definition) is 5. The molecule has 4 rings (SSSR count). The van der Waals surface area contributed by atoms with E-state index in [0.717, 1.165) is 28.5 Å². The lowest BCUT2D eigenvalue weighted by Crippen LogP contribution is -2.32. The number of amides is 1. The van der Waals surface area contributed by atoms with Crippen LogP contribution in [-0.4, -0.2) is 38.8 Å². The number of carbonyl (C=O) groups is 1. The molecule has 0 aliphatic heterocycles. The van der Waals surface area contributed by atoms with E-state index < -0.39 is 6.10 Å². The predicted octanol–water partition coefficient (Wildman–Crippen LogP) is 4.86. The number of fused-ring (bicyclic) bond motifs is 1. The van der Waals surface area contributed by atoms with Crippen LogP contribution >= 0.6 is 23.2 Å². The summed E-state index contributed by atoms with van der Waals surface area (Å²) in [6.45, 7) is 2.35. The van der Waals surface area contributed by atoms with E-state index in [1.807, 2.05) is 31.2 Å². The van der Waals surface area contributed by atoms with Crippen molar-refractivity contribution in [2.24, 2.45) is 0 Å². The van der Waals surface area contributed by atoms with E-state index >= 15 is 0 Å². The fourth-order valence-electron chi connectivity index (χ4n) is 4.16. The minimum atomic E-state index is -0.774. The molecule has 0 saturated carbocycles. The van der Waals surface area contributed by atoms with Crippen molar-refractivity contribution in [1.82, 2.24) is 15.6 Å². The Balaban J connectivity index is 1.33. The predicted molar refractivity (Wildman–Crippen MR) is 146 cm³/mol. The van der Waals surface area contributed by atoms with Crippen molar-refractivity contribution in [2.45, 2.75) is 38.6 Å².